The van der Waals surface area contributed by atoms with Gasteiger partial charge in [0.25, 0.3) is 0 Å². The highest BCUT2D eigenvalue weighted by atomic mass is 127. The predicted octanol–water partition coefficient (Wildman–Crippen LogP) is 1.61. The maximum Gasteiger partial charge on any atom is 0.0936 e. The van der Waals surface area contributed by atoms with Crippen LogP contribution in [0.15, 0.2) is 25.2 Å². The van der Waals surface area contributed by atoms with Crippen LogP contribution in [0, 0.1) is 0 Å². The summed E-state index contributed by atoms with van der Waals surface area (Å²) in [6, 6.07) is 0. The van der Waals surface area contributed by atoms with Crippen molar-refractivity contribution in [3.8, 4) is 0 Å². The summed E-state index contributed by atoms with van der Waals surface area (Å²) < 4.78 is 1.17. The zero-order valence-corrected chi connectivity index (χ0v) is 7.99. The molecule has 10 heavy (non-hydrogen) atoms. The second kappa shape index (κ2) is 3.85. The highest BCUT2D eigenvalue weighted by Gasteiger charge is 2.06. The minimum Gasteiger partial charge on any atom is -0.357 e. The average molecular weight is 250 g/mol. The second-order valence-corrected chi connectivity index (χ2v) is 3.22. The van der Waals surface area contributed by atoms with E-state index in [9.17, 15) is 0 Å². The zero-order chi connectivity index (χ0) is 7.40. The number of nitrogens with zero attached hydrogens (tertiary/aromatic N) is 2. The molecular weight excluding hydrogens is 239 g/mol. The van der Waals surface area contributed by atoms with Crippen LogP contribution in [0.4, 0.5) is 0 Å². The minimum atomic E-state index is 0.965. The first kappa shape index (κ1) is 7.91. The summed E-state index contributed by atoms with van der Waals surface area (Å²) in [5.41, 5.74) is 0. The number of hydrogen-bond donors (Lipinski definition) is 0. The summed E-state index contributed by atoms with van der Waals surface area (Å²) in [5, 5.41) is 0. The van der Waals surface area contributed by atoms with Gasteiger partial charge in [0.1, 0.15) is 0 Å². The Hall–Kier alpha value is -0.190. The molecule has 0 atom stereocenters. The average Bonchev–Trinajstić information content (AvgIpc) is 2.37. The summed E-state index contributed by atoms with van der Waals surface area (Å²) in [5.74, 6) is 0. The maximum absolute atomic E-state index is 3.68. The number of halogens is 1. The molecule has 0 aromatic rings. The summed E-state index contributed by atoms with van der Waals surface area (Å²) in [6.45, 7) is 5.77. The molecule has 1 aliphatic rings. The van der Waals surface area contributed by atoms with Crippen LogP contribution in [0.25, 0.3) is 0 Å². The van der Waals surface area contributed by atoms with Gasteiger partial charge < -0.3 is 9.80 Å². The molecule has 0 saturated carbocycles. The first-order chi connectivity index (χ1) is 4.86. The molecule has 0 aliphatic carbocycles. The van der Waals surface area contributed by atoms with E-state index in [1.165, 1.54) is 4.43 Å². The van der Waals surface area contributed by atoms with Crippen LogP contribution < -0.4 is 0 Å². The SMILES string of the molecule is C=CN1C=CN(CCI)C1. The fraction of sp³-hybridized carbons (Fsp3) is 0.429. The normalized spacial score (nSPS) is 16.5. The smallest absolute Gasteiger partial charge is 0.0936 e. The Bertz CT molecular complexity index is 145. The van der Waals surface area contributed by atoms with Gasteiger partial charge in [-0.25, -0.2) is 0 Å². The Morgan fingerprint density at radius 3 is 2.90 bits per heavy atom. The van der Waals surface area contributed by atoms with Crippen molar-refractivity contribution in [2.24, 2.45) is 0 Å². The van der Waals surface area contributed by atoms with Crippen molar-refractivity contribution in [2.45, 2.75) is 0 Å². The standard InChI is InChI=1S/C7H11IN2/c1-2-9-5-6-10(7-9)4-3-8/h2,5-6H,1,3-4,7H2. The van der Waals surface area contributed by atoms with Gasteiger partial charge in [0.05, 0.1) is 6.67 Å². The highest BCUT2D eigenvalue weighted by Crippen LogP contribution is 2.05. The lowest BCUT2D eigenvalue weighted by Gasteiger charge is -2.16. The number of hydrogen-bond acceptors (Lipinski definition) is 2. The van der Waals surface area contributed by atoms with Crippen molar-refractivity contribution in [1.29, 1.82) is 0 Å². The third-order valence-corrected chi connectivity index (χ3v) is 1.90. The van der Waals surface area contributed by atoms with Gasteiger partial charge >= 0.3 is 0 Å². The Labute approximate surface area is 75.3 Å². The van der Waals surface area contributed by atoms with Crippen molar-refractivity contribution >= 4 is 22.6 Å². The van der Waals surface area contributed by atoms with E-state index in [2.05, 4.69) is 45.2 Å². The molecule has 1 heterocycles. The van der Waals surface area contributed by atoms with Crippen LogP contribution in [-0.2, 0) is 0 Å². The first-order valence-electron chi connectivity index (χ1n) is 3.23. The van der Waals surface area contributed by atoms with Crippen LogP contribution in [0.3, 0.4) is 0 Å². The van der Waals surface area contributed by atoms with Crippen LogP contribution in [-0.4, -0.2) is 27.4 Å². The van der Waals surface area contributed by atoms with Gasteiger partial charge in [0, 0.05) is 23.4 Å². The van der Waals surface area contributed by atoms with Crippen LogP contribution in [0.2, 0.25) is 0 Å². The van der Waals surface area contributed by atoms with Gasteiger partial charge in [0.15, 0.2) is 0 Å². The summed E-state index contributed by atoms with van der Waals surface area (Å²) in [7, 11) is 0. The molecule has 0 aromatic carbocycles. The molecular formula is C7H11IN2. The Kier molecular flexibility index (Phi) is 3.05. The Balaban J connectivity index is 2.30. The van der Waals surface area contributed by atoms with Crippen LogP contribution in [0.1, 0.15) is 0 Å². The Morgan fingerprint density at radius 2 is 2.40 bits per heavy atom. The quantitative estimate of drug-likeness (QED) is 0.554. The van der Waals surface area contributed by atoms with E-state index in [4.69, 9.17) is 0 Å². The largest absolute Gasteiger partial charge is 0.357 e. The van der Waals surface area contributed by atoms with Gasteiger partial charge in [-0.2, -0.15) is 0 Å². The van der Waals surface area contributed by atoms with Crippen molar-refractivity contribution in [1.82, 2.24) is 9.80 Å². The summed E-state index contributed by atoms with van der Waals surface area (Å²) in [6.07, 6.45) is 5.98. The zero-order valence-electron chi connectivity index (χ0n) is 5.83. The van der Waals surface area contributed by atoms with Gasteiger partial charge in [-0.1, -0.05) is 29.2 Å². The molecule has 0 aromatic heterocycles. The van der Waals surface area contributed by atoms with Crippen LogP contribution in [0.5, 0.6) is 0 Å². The first-order valence-corrected chi connectivity index (χ1v) is 4.76. The molecule has 3 heteroatoms. The molecule has 1 aliphatic heterocycles. The fourth-order valence-electron chi connectivity index (χ4n) is 0.856. The molecule has 0 radical (unpaired) electrons. The second-order valence-electron chi connectivity index (χ2n) is 2.14. The van der Waals surface area contributed by atoms with E-state index in [1.807, 2.05) is 12.4 Å². The number of rotatable bonds is 3. The molecule has 2 nitrogen and oxygen atoms in total. The van der Waals surface area contributed by atoms with E-state index in [-0.39, 0.29) is 0 Å². The molecule has 0 spiro atoms. The third kappa shape index (κ3) is 1.90. The molecule has 0 saturated heterocycles. The van der Waals surface area contributed by atoms with Crippen molar-refractivity contribution in [3.63, 3.8) is 0 Å². The molecule has 0 N–H and O–H groups in total. The van der Waals surface area contributed by atoms with E-state index < -0.39 is 0 Å². The lowest BCUT2D eigenvalue weighted by Crippen LogP contribution is -2.23. The lowest BCUT2D eigenvalue weighted by atomic mass is 10.6. The third-order valence-electron chi connectivity index (χ3n) is 1.42. The highest BCUT2D eigenvalue weighted by molar-refractivity contribution is 14.1. The fourth-order valence-corrected chi connectivity index (χ4v) is 1.48. The van der Waals surface area contributed by atoms with Gasteiger partial charge in [-0.3, -0.25) is 0 Å². The van der Waals surface area contributed by atoms with Gasteiger partial charge in [-0.05, 0) is 6.20 Å². The summed E-state index contributed by atoms with van der Waals surface area (Å²) >= 11 is 2.38. The van der Waals surface area contributed by atoms with Crippen molar-refractivity contribution in [3.05, 3.63) is 25.2 Å². The van der Waals surface area contributed by atoms with Crippen molar-refractivity contribution in [2.75, 3.05) is 17.6 Å². The van der Waals surface area contributed by atoms with E-state index in [1.54, 1.807) is 0 Å². The van der Waals surface area contributed by atoms with Gasteiger partial charge in [0.2, 0.25) is 0 Å². The molecule has 1 rings (SSSR count). The van der Waals surface area contributed by atoms with E-state index in [0.29, 0.717) is 0 Å². The van der Waals surface area contributed by atoms with E-state index >= 15 is 0 Å². The summed E-state index contributed by atoms with van der Waals surface area (Å²) in [4.78, 5) is 4.32. The van der Waals surface area contributed by atoms with Crippen molar-refractivity contribution < 1.29 is 0 Å². The topological polar surface area (TPSA) is 6.48 Å². The molecule has 0 unspecified atom stereocenters. The lowest BCUT2D eigenvalue weighted by molar-refractivity contribution is 0.331. The molecule has 0 bridgehead atoms. The molecule has 0 fully saturated rings. The van der Waals surface area contributed by atoms with Crippen LogP contribution >= 0.6 is 22.6 Å². The Morgan fingerprint density at radius 1 is 1.60 bits per heavy atom. The molecule has 56 valence electrons. The van der Waals surface area contributed by atoms with E-state index in [0.717, 1.165) is 13.2 Å². The monoisotopic (exact) mass is 250 g/mol. The molecule has 0 amide bonds. The predicted molar refractivity (Wildman–Crippen MR) is 51.6 cm³/mol. The maximum atomic E-state index is 3.68. The number of alkyl halides is 1. The minimum absolute atomic E-state index is 0.965. The van der Waals surface area contributed by atoms with Gasteiger partial charge in [-0.15, -0.1) is 0 Å².